The highest BCUT2D eigenvalue weighted by atomic mass is 32.2. The molecule has 1 unspecified atom stereocenters. The highest BCUT2D eigenvalue weighted by molar-refractivity contribution is 7.86. The molecule has 148 valence electrons. The van der Waals surface area contributed by atoms with Gasteiger partial charge >= 0.3 is 0 Å². The van der Waals surface area contributed by atoms with Crippen LogP contribution in [0.25, 0.3) is 11.1 Å². The summed E-state index contributed by atoms with van der Waals surface area (Å²) in [5.74, 6) is -0.407. The molecule has 0 saturated heterocycles. The lowest BCUT2D eigenvalue weighted by molar-refractivity contribution is -0.128. The van der Waals surface area contributed by atoms with Gasteiger partial charge in [0.05, 0.1) is 5.25 Å². The molecule has 1 aliphatic rings. The fourth-order valence-electron chi connectivity index (χ4n) is 3.30. The van der Waals surface area contributed by atoms with Crippen LogP contribution in [0.15, 0.2) is 48.5 Å². The van der Waals surface area contributed by atoms with Crippen molar-refractivity contribution in [2.75, 3.05) is 18.8 Å². The Hall–Kier alpha value is -2.47. The summed E-state index contributed by atoms with van der Waals surface area (Å²) in [5.41, 5.74) is 3.72. The van der Waals surface area contributed by atoms with Gasteiger partial charge in [0.25, 0.3) is 0 Å². The van der Waals surface area contributed by atoms with E-state index in [1.165, 1.54) is 0 Å². The molecule has 0 heterocycles. The third-order valence-electron chi connectivity index (χ3n) is 4.73. The van der Waals surface area contributed by atoms with Crippen LogP contribution < -0.4 is 10.6 Å². The van der Waals surface area contributed by atoms with Gasteiger partial charge in [-0.15, -0.1) is 0 Å². The summed E-state index contributed by atoms with van der Waals surface area (Å²) in [6.45, 7) is 6.17. The predicted molar refractivity (Wildman–Crippen MR) is 112 cm³/mol. The lowest BCUT2D eigenvalue weighted by Gasteiger charge is -2.17. The van der Waals surface area contributed by atoms with Crippen LogP contribution in [-0.2, 0) is 20.4 Å². The van der Waals surface area contributed by atoms with Gasteiger partial charge in [0.2, 0.25) is 11.8 Å². The largest absolute Gasteiger partial charge is 0.354 e. The van der Waals surface area contributed by atoms with Crippen LogP contribution in [0.1, 0.15) is 37.1 Å². The van der Waals surface area contributed by atoms with Crippen molar-refractivity contribution in [3.8, 4) is 11.1 Å². The first-order valence-electron chi connectivity index (χ1n) is 9.39. The van der Waals surface area contributed by atoms with Crippen molar-refractivity contribution < 1.29 is 13.8 Å². The second-order valence-corrected chi connectivity index (χ2v) is 9.46. The van der Waals surface area contributed by atoms with Crippen LogP contribution in [-0.4, -0.2) is 34.9 Å². The van der Waals surface area contributed by atoms with E-state index in [2.05, 4.69) is 10.6 Å². The number of hydrogen-bond donors (Lipinski definition) is 2. The summed E-state index contributed by atoms with van der Waals surface area (Å²) >= 11 is 0. The molecule has 2 amide bonds. The SMILES string of the molecule is CC(C)(C)C(=O)NCCNC(=O)CS(=O)C1c2ccccc2-c2ccccc21. The lowest BCUT2D eigenvalue weighted by Crippen LogP contribution is -2.40. The van der Waals surface area contributed by atoms with Gasteiger partial charge in [-0.2, -0.15) is 0 Å². The smallest absolute Gasteiger partial charge is 0.232 e. The summed E-state index contributed by atoms with van der Waals surface area (Å²) < 4.78 is 13.0. The van der Waals surface area contributed by atoms with Gasteiger partial charge in [-0.1, -0.05) is 69.3 Å². The third kappa shape index (κ3) is 4.33. The van der Waals surface area contributed by atoms with Gasteiger partial charge in [0, 0.05) is 29.3 Å². The second kappa shape index (κ2) is 8.27. The van der Waals surface area contributed by atoms with Crippen molar-refractivity contribution in [2.24, 2.45) is 5.41 Å². The molecule has 2 aromatic rings. The quantitative estimate of drug-likeness (QED) is 0.735. The van der Waals surface area contributed by atoms with E-state index < -0.39 is 16.2 Å². The summed E-state index contributed by atoms with van der Waals surface area (Å²) in [4.78, 5) is 24.1. The van der Waals surface area contributed by atoms with Crippen LogP contribution in [0.5, 0.6) is 0 Å². The maximum absolute atomic E-state index is 13.0. The first kappa shape index (κ1) is 20.3. The Bertz CT molecular complexity index is 872. The second-order valence-electron chi connectivity index (χ2n) is 7.94. The van der Waals surface area contributed by atoms with Crippen LogP contribution in [0.4, 0.5) is 0 Å². The number of benzene rings is 2. The minimum Gasteiger partial charge on any atom is -0.354 e. The molecule has 0 radical (unpaired) electrons. The minimum absolute atomic E-state index is 0.0653. The van der Waals surface area contributed by atoms with Crippen molar-refractivity contribution in [1.29, 1.82) is 0 Å². The average Bonchev–Trinajstić information content (AvgIpc) is 2.99. The van der Waals surface area contributed by atoms with E-state index in [0.717, 1.165) is 22.3 Å². The Morgan fingerprint density at radius 2 is 1.39 bits per heavy atom. The molecule has 2 N–H and O–H groups in total. The molecule has 6 heteroatoms. The van der Waals surface area contributed by atoms with E-state index in [1.807, 2.05) is 69.3 Å². The zero-order chi connectivity index (χ0) is 20.3. The van der Waals surface area contributed by atoms with Gasteiger partial charge in [-0.05, 0) is 22.3 Å². The van der Waals surface area contributed by atoms with E-state index in [1.54, 1.807) is 0 Å². The molecule has 5 nitrogen and oxygen atoms in total. The molecule has 0 spiro atoms. The molecule has 1 atom stereocenters. The first-order chi connectivity index (χ1) is 13.3. The molecule has 2 aromatic carbocycles. The third-order valence-corrected chi connectivity index (χ3v) is 6.31. The van der Waals surface area contributed by atoms with E-state index in [-0.39, 0.29) is 22.8 Å². The monoisotopic (exact) mass is 398 g/mol. The molecule has 3 rings (SSSR count). The van der Waals surface area contributed by atoms with Gasteiger partial charge in [-0.3, -0.25) is 13.8 Å². The average molecular weight is 399 g/mol. The normalized spacial score (nSPS) is 14.1. The lowest BCUT2D eigenvalue weighted by atomic mass is 9.96. The zero-order valence-corrected chi connectivity index (χ0v) is 17.3. The predicted octanol–water partition coefficient (Wildman–Crippen LogP) is 2.78. The summed E-state index contributed by atoms with van der Waals surface area (Å²) in [5, 5.41) is 5.24. The maximum Gasteiger partial charge on any atom is 0.232 e. The number of carbonyl (C=O) groups excluding carboxylic acids is 2. The number of rotatable bonds is 6. The first-order valence-corrected chi connectivity index (χ1v) is 10.8. The Kier molecular flexibility index (Phi) is 5.98. The molecular weight excluding hydrogens is 372 g/mol. The number of hydrogen-bond acceptors (Lipinski definition) is 3. The maximum atomic E-state index is 13.0. The Morgan fingerprint density at radius 1 is 0.893 bits per heavy atom. The van der Waals surface area contributed by atoms with Crippen molar-refractivity contribution in [3.05, 3.63) is 59.7 Å². The molecule has 1 aliphatic carbocycles. The molecule has 0 bridgehead atoms. The summed E-state index contributed by atoms with van der Waals surface area (Å²) in [6.07, 6.45) is 0. The molecule has 28 heavy (non-hydrogen) atoms. The fourth-order valence-corrected chi connectivity index (χ4v) is 4.80. The van der Waals surface area contributed by atoms with E-state index >= 15 is 0 Å². The Balaban J connectivity index is 1.59. The number of nitrogens with one attached hydrogen (secondary N) is 2. The van der Waals surface area contributed by atoms with Crippen molar-refractivity contribution in [1.82, 2.24) is 10.6 Å². The fraction of sp³-hybridized carbons (Fsp3) is 0.364. The number of fused-ring (bicyclic) bond motifs is 3. The van der Waals surface area contributed by atoms with Crippen LogP contribution in [0.2, 0.25) is 0 Å². The van der Waals surface area contributed by atoms with Crippen LogP contribution in [0.3, 0.4) is 0 Å². The van der Waals surface area contributed by atoms with Gasteiger partial charge in [-0.25, -0.2) is 0 Å². The van der Waals surface area contributed by atoms with Crippen molar-refractivity contribution in [2.45, 2.75) is 26.0 Å². The molecule has 0 aromatic heterocycles. The van der Waals surface area contributed by atoms with E-state index in [4.69, 9.17) is 0 Å². The summed E-state index contributed by atoms with van der Waals surface area (Å²) in [6, 6.07) is 15.8. The molecule has 0 aliphatic heterocycles. The van der Waals surface area contributed by atoms with Gasteiger partial charge in [0.15, 0.2) is 0 Å². The standard InChI is InChI=1S/C22H26N2O3S/c1-22(2,3)21(26)24-13-12-23-19(25)14-28(27)20-17-10-6-4-8-15(17)16-9-5-7-11-18(16)20/h4-11,20H,12-14H2,1-3H3,(H,23,25)(H,24,26). The highest BCUT2D eigenvalue weighted by Crippen LogP contribution is 2.46. The van der Waals surface area contributed by atoms with Gasteiger partial charge in [0.1, 0.15) is 5.75 Å². The van der Waals surface area contributed by atoms with Gasteiger partial charge < -0.3 is 10.6 Å². The Labute approximate surface area is 168 Å². The zero-order valence-electron chi connectivity index (χ0n) is 16.5. The van der Waals surface area contributed by atoms with Crippen LogP contribution in [0, 0.1) is 5.41 Å². The van der Waals surface area contributed by atoms with Crippen molar-refractivity contribution in [3.63, 3.8) is 0 Å². The highest BCUT2D eigenvalue weighted by Gasteiger charge is 2.33. The van der Waals surface area contributed by atoms with Crippen molar-refractivity contribution >= 4 is 22.6 Å². The summed E-state index contributed by atoms with van der Waals surface area (Å²) in [7, 11) is -1.38. The molecule has 0 fully saturated rings. The Morgan fingerprint density at radius 3 is 1.93 bits per heavy atom. The van der Waals surface area contributed by atoms with E-state index in [0.29, 0.717) is 13.1 Å². The molecular formula is C22H26N2O3S. The number of amides is 2. The topological polar surface area (TPSA) is 75.3 Å². The van der Waals surface area contributed by atoms with Crippen LogP contribution >= 0.6 is 0 Å². The minimum atomic E-state index is -1.38. The number of carbonyl (C=O) groups is 2. The van der Waals surface area contributed by atoms with E-state index in [9.17, 15) is 13.8 Å². The molecule has 0 saturated carbocycles.